The van der Waals surface area contributed by atoms with Crippen molar-refractivity contribution < 1.29 is 4.74 Å². The van der Waals surface area contributed by atoms with Gasteiger partial charge in [0, 0.05) is 18.7 Å². The summed E-state index contributed by atoms with van der Waals surface area (Å²) in [6, 6.07) is 3.92. The molecule has 16 heavy (non-hydrogen) atoms. The number of nitrogens with zero attached hydrogens (tertiary/aromatic N) is 1. The molecule has 0 aliphatic carbocycles. The first-order chi connectivity index (χ1) is 7.72. The van der Waals surface area contributed by atoms with Crippen LogP contribution >= 0.6 is 22.9 Å². The van der Waals surface area contributed by atoms with Crippen molar-refractivity contribution in [2.75, 3.05) is 25.6 Å². The first-order valence-corrected chi connectivity index (χ1v) is 6.20. The fraction of sp³-hybridized carbons (Fsp3) is 0.364. The highest BCUT2D eigenvalue weighted by molar-refractivity contribution is 7.22. The van der Waals surface area contributed by atoms with E-state index in [1.54, 1.807) is 18.4 Å². The molecule has 0 saturated carbocycles. The predicted octanol–water partition coefficient (Wildman–Crippen LogP) is 3.32. The second-order valence-electron chi connectivity index (χ2n) is 3.46. The lowest BCUT2D eigenvalue weighted by atomic mass is 10.2. The summed E-state index contributed by atoms with van der Waals surface area (Å²) < 4.78 is 6.13. The number of thiazole rings is 1. The number of fused-ring (bicyclic) bond motifs is 1. The van der Waals surface area contributed by atoms with Gasteiger partial charge in [0.2, 0.25) is 0 Å². The Kier molecular flexibility index (Phi) is 3.63. The number of halogens is 1. The van der Waals surface area contributed by atoms with Crippen molar-refractivity contribution in [3.8, 4) is 0 Å². The quantitative estimate of drug-likeness (QED) is 0.853. The fourth-order valence-electron chi connectivity index (χ4n) is 1.44. The molecule has 0 saturated heterocycles. The van der Waals surface area contributed by atoms with Gasteiger partial charge < -0.3 is 10.1 Å². The van der Waals surface area contributed by atoms with Gasteiger partial charge >= 0.3 is 0 Å². The van der Waals surface area contributed by atoms with Gasteiger partial charge in [0.1, 0.15) is 0 Å². The largest absolute Gasteiger partial charge is 0.383 e. The molecule has 1 aromatic heterocycles. The van der Waals surface area contributed by atoms with E-state index in [9.17, 15) is 0 Å². The Morgan fingerprint density at radius 2 is 2.31 bits per heavy atom. The van der Waals surface area contributed by atoms with E-state index in [1.165, 1.54) is 0 Å². The summed E-state index contributed by atoms with van der Waals surface area (Å²) >= 11 is 7.68. The summed E-state index contributed by atoms with van der Waals surface area (Å²) in [4.78, 5) is 4.51. The molecule has 0 aliphatic rings. The highest BCUT2D eigenvalue weighted by atomic mass is 35.5. The zero-order valence-corrected chi connectivity index (χ0v) is 10.8. The van der Waals surface area contributed by atoms with Crippen molar-refractivity contribution in [1.29, 1.82) is 0 Å². The number of nitrogens with one attached hydrogen (secondary N) is 1. The molecule has 5 heteroatoms. The van der Waals surface area contributed by atoms with Crippen LogP contribution in [0.2, 0.25) is 5.02 Å². The Labute approximate surface area is 103 Å². The lowest BCUT2D eigenvalue weighted by Gasteiger charge is -1.99. The minimum absolute atomic E-state index is 0.676. The molecular formula is C11H13ClN2OS. The van der Waals surface area contributed by atoms with Gasteiger partial charge in [-0.05, 0) is 24.6 Å². The molecule has 0 spiro atoms. The summed E-state index contributed by atoms with van der Waals surface area (Å²) in [7, 11) is 1.68. The molecule has 1 N–H and O–H groups in total. The molecule has 86 valence electrons. The Hall–Kier alpha value is -0.840. The van der Waals surface area contributed by atoms with Crippen LogP contribution in [0, 0.1) is 6.92 Å². The summed E-state index contributed by atoms with van der Waals surface area (Å²) in [5, 5.41) is 4.90. The monoisotopic (exact) mass is 256 g/mol. The summed E-state index contributed by atoms with van der Waals surface area (Å²) in [6.07, 6.45) is 0. The van der Waals surface area contributed by atoms with Gasteiger partial charge in [-0.15, -0.1) is 0 Å². The molecule has 1 aromatic carbocycles. The maximum atomic E-state index is 6.05. The number of hydrogen-bond donors (Lipinski definition) is 1. The van der Waals surface area contributed by atoms with Gasteiger partial charge in [-0.25, -0.2) is 4.98 Å². The summed E-state index contributed by atoms with van der Waals surface area (Å²) in [6.45, 7) is 3.43. The van der Waals surface area contributed by atoms with Crippen LogP contribution in [0.3, 0.4) is 0 Å². The van der Waals surface area contributed by atoms with Gasteiger partial charge in [-0.2, -0.15) is 0 Å². The molecule has 1 heterocycles. The Balaban J connectivity index is 2.26. The maximum Gasteiger partial charge on any atom is 0.183 e. The molecule has 0 fully saturated rings. The van der Waals surface area contributed by atoms with Crippen LogP contribution in [0.25, 0.3) is 10.2 Å². The first kappa shape index (κ1) is 11.6. The number of ether oxygens (including phenoxy) is 1. The van der Waals surface area contributed by atoms with E-state index in [0.29, 0.717) is 6.61 Å². The maximum absolute atomic E-state index is 6.05. The Morgan fingerprint density at radius 1 is 1.50 bits per heavy atom. The zero-order chi connectivity index (χ0) is 11.5. The van der Waals surface area contributed by atoms with Crippen molar-refractivity contribution in [2.24, 2.45) is 0 Å². The van der Waals surface area contributed by atoms with Crippen LogP contribution in [0.5, 0.6) is 0 Å². The molecule has 0 aliphatic heterocycles. The molecule has 0 bridgehead atoms. The molecule has 3 nitrogen and oxygen atoms in total. The van der Waals surface area contributed by atoms with E-state index in [1.807, 2.05) is 19.1 Å². The average molecular weight is 257 g/mol. The standard InChI is InChI=1S/C11H13ClN2OS/c1-7-8(12)3-4-9-10(7)14-11(16-9)13-5-6-15-2/h3-4H,5-6H2,1-2H3,(H,13,14). The van der Waals surface area contributed by atoms with Crippen LogP contribution in [0.1, 0.15) is 5.56 Å². The highest BCUT2D eigenvalue weighted by Crippen LogP contribution is 2.31. The number of rotatable bonds is 4. The van der Waals surface area contributed by atoms with Gasteiger partial charge in [0.05, 0.1) is 16.8 Å². The van der Waals surface area contributed by atoms with Crippen molar-refractivity contribution >= 4 is 38.3 Å². The number of benzene rings is 1. The molecular weight excluding hydrogens is 244 g/mol. The fourth-order valence-corrected chi connectivity index (χ4v) is 2.54. The Bertz CT molecular complexity index is 498. The van der Waals surface area contributed by atoms with Crippen LogP contribution in [0.4, 0.5) is 5.13 Å². The van der Waals surface area contributed by atoms with E-state index in [-0.39, 0.29) is 0 Å². The SMILES string of the molecule is COCCNc1nc2c(C)c(Cl)ccc2s1. The van der Waals surface area contributed by atoms with Crippen molar-refractivity contribution in [3.05, 3.63) is 22.7 Å². The third-order valence-electron chi connectivity index (χ3n) is 2.33. The van der Waals surface area contributed by atoms with Crippen LogP contribution < -0.4 is 5.32 Å². The Morgan fingerprint density at radius 3 is 3.06 bits per heavy atom. The highest BCUT2D eigenvalue weighted by Gasteiger charge is 2.07. The first-order valence-electron chi connectivity index (χ1n) is 5.01. The van der Waals surface area contributed by atoms with Gasteiger partial charge in [0.15, 0.2) is 5.13 Å². The second kappa shape index (κ2) is 4.99. The minimum Gasteiger partial charge on any atom is -0.383 e. The molecule has 2 aromatic rings. The number of aromatic nitrogens is 1. The van der Waals surface area contributed by atoms with Gasteiger partial charge in [0.25, 0.3) is 0 Å². The third-order valence-corrected chi connectivity index (χ3v) is 3.72. The molecule has 0 unspecified atom stereocenters. The number of aryl methyl sites for hydroxylation is 1. The van der Waals surface area contributed by atoms with Crippen molar-refractivity contribution in [1.82, 2.24) is 4.98 Å². The molecule has 0 amide bonds. The normalized spacial score (nSPS) is 10.9. The number of methoxy groups -OCH3 is 1. The summed E-state index contributed by atoms with van der Waals surface area (Å²) in [5.74, 6) is 0. The predicted molar refractivity (Wildman–Crippen MR) is 69.7 cm³/mol. The van der Waals surface area contributed by atoms with Crippen molar-refractivity contribution in [3.63, 3.8) is 0 Å². The zero-order valence-electron chi connectivity index (χ0n) is 9.21. The topological polar surface area (TPSA) is 34.1 Å². The van der Waals surface area contributed by atoms with E-state index in [0.717, 1.165) is 32.5 Å². The third kappa shape index (κ3) is 2.29. The average Bonchev–Trinajstić information content (AvgIpc) is 2.68. The van der Waals surface area contributed by atoms with Crippen LogP contribution in [-0.2, 0) is 4.74 Å². The van der Waals surface area contributed by atoms with E-state index < -0.39 is 0 Å². The molecule has 2 rings (SSSR count). The molecule has 0 atom stereocenters. The van der Waals surface area contributed by atoms with E-state index >= 15 is 0 Å². The van der Waals surface area contributed by atoms with E-state index in [4.69, 9.17) is 16.3 Å². The van der Waals surface area contributed by atoms with Gasteiger partial charge in [-0.3, -0.25) is 0 Å². The molecule has 0 radical (unpaired) electrons. The number of anilines is 1. The lowest BCUT2D eigenvalue weighted by molar-refractivity contribution is 0.211. The second-order valence-corrected chi connectivity index (χ2v) is 4.90. The van der Waals surface area contributed by atoms with Gasteiger partial charge in [-0.1, -0.05) is 22.9 Å². The lowest BCUT2D eigenvalue weighted by Crippen LogP contribution is -2.06. The minimum atomic E-state index is 0.676. The number of hydrogen-bond acceptors (Lipinski definition) is 4. The smallest absolute Gasteiger partial charge is 0.183 e. The van der Waals surface area contributed by atoms with Crippen LogP contribution in [0.15, 0.2) is 12.1 Å². The van der Waals surface area contributed by atoms with Crippen molar-refractivity contribution in [2.45, 2.75) is 6.92 Å². The summed E-state index contributed by atoms with van der Waals surface area (Å²) in [5.41, 5.74) is 2.02. The van der Waals surface area contributed by atoms with E-state index in [2.05, 4.69) is 10.3 Å². The van der Waals surface area contributed by atoms with Crippen LogP contribution in [-0.4, -0.2) is 25.2 Å².